The van der Waals surface area contributed by atoms with Crippen molar-refractivity contribution in [3.63, 3.8) is 0 Å². The lowest BCUT2D eigenvalue weighted by atomic mass is 10.0. The van der Waals surface area contributed by atoms with Crippen molar-refractivity contribution in [1.82, 2.24) is 0 Å². The molecule has 3 aromatic rings. The van der Waals surface area contributed by atoms with Crippen molar-refractivity contribution in [2.24, 2.45) is 0 Å². The van der Waals surface area contributed by atoms with E-state index in [2.05, 4.69) is 0 Å². The standard InChI is InChI=1S/C23H20O4S/c1-27-22-16-20(13-15-23(22)28(2,25)26)21(24)14-10-17-8-11-19(12-9-17)18-6-4-3-5-7-18/h3-16H,1-2H3/b14-10+. The monoisotopic (exact) mass is 392 g/mol. The molecule has 28 heavy (non-hydrogen) atoms. The van der Waals surface area contributed by atoms with Crippen LogP contribution in [0.1, 0.15) is 15.9 Å². The Bertz CT molecular complexity index is 1110. The first kappa shape index (κ1) is 19.6. The maximum atomic E-state index is 12.4. The molecule has 0 heterocycles. The Morgan fingerprint density at radius 1 is 0.893 bits per heavy atom. The van der Waals surface area contributed by atoms with Crippen LogP contribution in [0.3, 0.4) is 0 Å². The summed E-state index contributed by atoms with van der Waals surface area (Å²) in [6, 6.07) is 22.3. The molecule has 0 bridgehead atoms. The van der Waals surface area contributed by atoms with Crippen LogP contribution < -0.4 is 4.74 Å². The van der Waals surface area contributed by atoms with Gasteiger partial charge in [0.2, 0.25) is 0 Å². The van der Waals surface area contributed by atoms with Gasteiger partial charge in [0.15, 0.2) is 15.6 Å². The molecule has 4 nitrogen and oxygen atoms in total. The van der Waals surface area contributed by atoms with Crippen LogP contribution in [-0.2, 0) is 9.84 Å². The van der Waals surface area contributed by atoms with Crippen LogP contribution in [0.5, 0.6) is 5.75 Å². The van der Waals surface area contributed by atoms with Gasteiger partial charge in [-0.3, -0.25) is 4.79 Å². The first-order valence-corrected chi connectivity index (χ1v) is 10.5. The number of allylic oxidation sites excluding steroid dienone is 1. The Kier molecular flexibility index (Phi) is 5.76. The second-order valence-electron chi connectivity index (χ2n) is 6.32. The number of hydrogen-bond donors (Lipinski definition) is 0. The highest BCUT2D eigenvalue weighted by molar-refractivity contribution is 7.90. The molecular weight excluding hydrogens is 372 g/mol. The zero-order valence-electron chi connectivity index (χ0n) is 15.6. The first-order chi connectivity index (χ1) is 13.4. The van der Waals surface area contributed by atoms with E-state index in [1.165, 1.54) is 31.4 Å². The zero-order valence-corrected chi connectivity index (χ0v) is 16.4. The molecule has 0 aromatic heterocycles. The highest BCUT2D eigenvalue weighted by Gasteiger charge is 2.16. The van der Waals surface area contributed by atoms with Gasteiger partial charge < -0.3 is 4.74 Å². The minimum atomic E-state index is -3.42. The summed E-state index contributed by atoms with van der Waals surface area (Å²) in [4.78, 5) is 12.5. The predicted octanol–water partition coefficient (Wildman–Crippen LogP) is 4.66. The summed E-state index contributed by atoms with van der Waals surface area (Å²) in [6.45, 7) is 0. The molecule has 142 valence electrons. The maximum Gasteiger partial charge on any atom is 0.185 e. The van der Waals surface area contributed by atoms with Crippen molar-refractivity contribution in [2.75, 3.05) is 13.4 Å². The smallest absolute Gasteiger partial charge is 0.185 e. The summed E-state index contributed by atoms with van der Waals surface area (Å²) in [6.07, 6.45) is 4.30. The van der Waals surface area contributed by atoms with Crippen molar-refractivity contribution in [1.29, 1.82) is 0 Å². The molecule has 0 radical (unpaired) electrons. The third-order valence-corrected chi connectivity index (χ3v) is 5.43. The Morgan fingerprint density at radius 2 is 1.54 bits per heavy atom. The van der Waals surface area contributed by atoms with E-state index in [9.17, 15) is 13.2 Å². The van der Waals surface area contributed by atoms with Gasteiger partial charge in [0.1, 0.15) is 10.6 Å². The van der Waals surface area contributed by atoms with Gasteiger partial charge in [-0.1, -0.05) is 60.7 Å². The number of carbonyl (C=O) groups is 1. The van der Waals surface area contributed by atoms with Crippen molar-refractivity contribution in [3.8, 4) is 16.9 Å². The van der Waals surface area contributed by atoms with Crippen LogP contribution >= 0.6 is 0 Å². The molecule has 3 aromatic carbocycles. The molecule has 3 rings (SSSR count). The van der Waals surface area contributed by atoms with Gasteiger partial charge in [0.05, 0.1) is 7.11 Å². The number of rotatable bonds is 6. The molecule has 0 aliphatic rings. The van der Waals surface area contributed by atoms with Gasteiger partial charge >= 0.3 is 0 Å². The number of ether oxygens (including phenoxy) is 1. The molecular formula is C23H20O4S. The average molecular weight is 392 g/mol. The van der Waals surface area contributed by atoms with Gasteiger partial charge in [0, 0.05) is 11.8 Å². The molecule has 0 saturated carbocycles. The Balaban J connectivity index is 1.78. The molecule has 0 unspecified atom stereocenters. The van der Waals surface area contributed by atoms with E-state index in [0.717, 1.165) is 22.9 Å². The summed E-state index contributed by atoms with van der Waals surface area (Å²) in [5.41, 5.74) is 3.49. The van der Waals surface area contributed by atoms with Gasteiger partial charge in [-0.05, 0) is 41.0 Å². The second kappa shape index (κ2) is 8.23. The third-order valence-electron chi connectivity index (χ3n) is 4.29. The molecule has 0 fully saturated rings. The molecule has 0 aliphatic carbocycles. The van der Waals surface area contributed by atoms with Crippen LogP contribution in [0.15, 0.2) is 83.8 Å². The maximum absolute atomic E-state index is 12.4. The highest BCUT2D eigenvalue weighted by Crippen LogP contribution is 2.25. The Morgan fingerprint density at radius 3 is 2.14 bits per heavy atom. The van der Waals surface area contributed by atoms with E-state index in [1.807, 2.05) is 54.6 Å². The predicted molar refractivity (Wildman–Crippen MR) is 111 cm³/mol. The quantitative estimate of drug-likeness (QED) is 0.452. The minimum absolute atomic E-state index is 0.0621. The fourth-order valence-corrected chi connectivity index (χ4v) is 3.64. The molecule has 0 atom stereocenters. The number of sulfone groups is 1. The van der Waals surface area contributed by atoms with Gasteiger partial charge in [-0.15, -0.1) is 0 Å². The zero-order chi connectivity index (χ0) is 20.1. The summed E-state index contributed by atoms with van der Waals surface area (Å²) >= 11 is 0. The average Bonchev–Trinajstić information content (AvgIpc) is 2.72. The number of ketones is 1. The van der Waals surface area contributed by atoms with Gasteiger partial charge in [-0.2, -0.15) is 0 Å². The number of benzene rings is 3. The number of hydrogen-bond acceptors (Lipinski definition) is 4. The van der Waals surface area contributed by atoms with E-state index in [-0.39, 0.29) is 16.4 Å². The fraction of sp³-hybridized carbons (Fsp3) is 0.0870. The largest absolute Gasteiger partial charge is 0.495 e. The van der Waals surface area contributed by atoms with E-state index in [1.54, 1.807) is 6.08 Å². The minimum Gasteiger partial charge on any atom is -0.495 e. The Labute approximate surface area is 165 Å². The molecule has 0 N–H and O–H groups in total. The molecule has 0 aliphatic heterocycles. The van der Waals surface area contributed by atoms with Gasteiger partial charge in [0.25, 0.3) is 0 Å². The third kappa shape index (κ3) is 4.56. The number of carbonyl (C=O) groups excluding carboxylic acids is 1. The SMILES string of the molecule is COc1cc(C(=O)/C=C/c2ccc(-c3ccccc3)cc2)ccc1S(C)(=O)=O. The van der Waals surface area contributed by atoms with Crippen molar-refractivity contribution in [3.05, 3.63) is 90.0 Å². The van der Waals surface area contributed by atoms with Crippen molar-refractivity contribution >= 4 is 21.7 Å². The molecule has 0 spiro atoms. The normalized spacial score (nSPS) is 11.5. The van der Waals surface area contributed by atoms with Crippen molar-refractivity contribution < 1.29 is 17.9 Å². The summed E-state index contributed by atoms with van der Waals surface area (Å²) in [7, 11) is -2.05. The van der Waals surface area contributed by atoms with Crippen LogP contribution in [0.25, 0.3) is 17.2 Å². The van der Waals surface area contributed by atoms with Gasteiger partial charge in [-0.25, -0.2) is 8.42 Å². The second-order valence-corrected chi connectivity index (χ2v) is 8.31. The summed E-state index contributed by atoms with van der Waals surface area (Å²) in [5, 5.41) is 0. The lowest BCUT2D eigenvalue weighted by Crippen LogP contribution is -2.03. The molecule has 0 saturated heterocycles. The van der Waals surface area contributed by atoms with Crippen LogP contribution in [0.4, 0.5) is 0 Å². The Hall–Kier alpha value is -3.18. The number of methoxy groups -OCH3 is 1. The van der Waals surface area contributed by atoms with E-state index >= 15 is 0 Å². The molecule has 5 heteroatoms. The van der Waals surface area contributed by atoms with Crippen molar-refractivity contribution in [2.45, 2.75) is 4.90 Å². The highest BCUT2D eigenvalue weighted by atomic mass is 32.2. The lowest BCUT2D eigenvalue weighted by Gasteiger charge is -2.08. The topological polar surface area (TPSA) is 60.4 Å². The van der Waals surface area contributed by atoms with Crippen LogP contribution in [-0.4, -0.2) is 27.6 Å². The first-order valence-electron chi connectivity index (χ1n) is 8.64. The van der Waals surface area contributed by atoms with E-state index in [4.69, 9.17) is 4.74 Å². The summed E-state index contributed by atoms with van der Waals surface area (Å²) in [5.74, 6) is -0.0700. The molecule has 0 amide bonds. The van der Waals surface area contributed by atoms with Crippen LogP contribution in [0.2, 0.25) is 0 Å². The fourth-order valence-electron chi connectivity index (χ4n) is 2.81. The summed E-state index contributed by atoms with van der Waals surface area (Å²) < 4.78 is 28.6. The van der Waals surface area contributed by atoms with E-state index < -0.39 is 9.84 Å². The lowest BCUT2D eigenvalue weighted by molar-refractivity contribution is 0.104. The van der Waals surface area contributed by atoms with E-state index in [0.29, 0.717) is 5.56 Å². The van der Waals surface area contributed by atoms with Crippen LogP contribution in [0, 0.1) is 0 Å².